The maximum Gasteiger partial charge on any atom is 0.325 e. The Morgan fingerprint density at radius 2 is 1.86 bits per heavy atom. The molecule has 1 unspecified atom stereocenters. The molecule has 21 heavy (non-hydrogen) atoms. The van der Waals surface area contributed by atoms with Crippen LogP contribution in [-0.4, -0.2) is 36.1 Å². The second-order valence-corrected chi connectivity index (χ2v) is 4.37. The van der Waals surface area contributed by atoms with Gasteiger partial charge in [0.15, 0.2) is 0 Å². The first-order valence-electron chi connectivity index (χ1n) is 6.63. The lowest BCUT2D eigenvalue weighted by Crippen LogP contribution is -2.44. The van der Waals surface area contributed by atoms with Gasteiger partial charge in [-0.25, -0.2) is 4.79 Å². The highest BCUT2D eigenvalue weighted by Crippen LogP contribution is 2.11. The van der Waals surface area contributed by atoms with Gasteiger partial charge >= 0.3 is 12.0 Å². The molecule has 1 aromatic rings. The first-order chi connectivity index (χ1) is 10.0. The third-order valence-electron chi connectivity index (χ3n) is 2.64. The second-order valence-electron chi connectivity index (χ2n) is 4.37. The fraction of sp³-hybridized carbons (Fsp3) is 0.357. The van der Waals surface area contributed by atoms with Gasteiger partial charge in [0.05, 0.1) is 6.54 Å². The van der Waals surface area contributed by atoms with Gasteiger partial charge in [0.25, 0.3) is 0 Å². The highest BCUT2D eigenvalue weighted by molar-refractivity contribution is 5.95. The molecule has 0 aliphatic carbocycles. The number of aliphatic carboxylic acids is 1. The second kappa shape index (κ2) is 8.70. The fourth-order valence-corrected chi connectivity index (χ4v) is 1.64. The van der Waals surface area contributed by atoms with Gasteiger partial charge in [-0.15, -0.1) is 0 Å². The molecule has 0 spiro atoms. The van der Waals surface area contributed by atoms with E-state index in [1.165, 1.54) is 0 Å². The topological polar surface area (TPSA) is 108 Å². The summed E-state index contributed by atoms with van der Waals surface area (Å²) in [6, 6.07) is 6.91. The fourth-order valence-electron chi connectivity index (χ4n) is 1.64. The van der Waals surface area contributed by atoms with Crippen LogP contribution >= 0.6 is 0 Å². The van der Waals surface area contributed by atoms with Crippen molar-refractivity contribution in [2.75, 3.05) is 13.1 Å². The molecule has 0 bridgehead atoms. The molecule has 7 heteroatoms. The third-order valence-corrected chi connectivity index (χ3v) is 2.64. The van der Waals surface area contributed by atoms with Crippen LogP contribution in [0.4, 0.5) is 4.79 Å². The molecule has 0 saturated heterocycles. The summed E-state index contributed by atoms with van der Waals surface area (Å²) < 4.78 is 0. The van der Waals surface area contributed by atoms with E-state index in [1.54, 1.807) is 30.3 Å². The third kappa shape index (κ3) is 6.05. The molecule has 0 fully saturated rings. The highest BCUT2D eigenvalue weighted by atomic mass is 16.4. The molecule has 1 rings (SSSR count). The number of carbonyl (C=O) groups excluding carboxylic acids is 2. The lowest BCUT2D eigenvalue weighted by molar-refractivity contribution is -0.139. The Bertz CT molecular complexity index is 490. The minimum absolute atomic E-state index is 0.272. The van der Waals surface area contributed by atoms with Crippen molar-refractivity contribution in [1.82, 2.24) is 16.0 Å². The van der Waals surface area contributed by atoms with Crippen molar-refractivity contribution in [3.63, 3.8) is 0 Å². The maximum absolute atomic E-state index is 11.5. The zero-order chi connectivity index (χ0) is 15.7. The van der Waals surface area contributed by atoms with E-state index in [9.17, 15) is 14.4 Å². The normalized spacial score (nSPS) is 11.5. The van der Waals surface area contributed by atoms with E-state index in [0.29, 0.717) is 12.1 Å². The van der Waals surface area contributed by atoms with Crippen LogP contribution in [-0.2, 0) is 9.59 Å². The summed E-state index contributed by atoms with van der Waals surface area (Å²) in [6.07, 6.45) is 0.759. The Balaban J connectivity index is 2.49. The molecule has 0 aromatic heterocycles. The number of carboxylic acid groups (broad SMARTS) is 1. The zero-order valence-electron chi connectivity index (χ0n) is 11.8. The van der Waals surface area contributed by atoms with Crippen LogP contribution < -0.4 is 16.0 Å². The van der Waals surface area contributed by atoms with Gasteiger partial charge in [0.1, 0.15) is 6.04 Å². The standard InChI is InChI=1S/C14H19N3O4/c1-2-8-15-14(21)17-11(18)9-16-12(13(19)20)10-6-4-3-5-7-10/h3-7,12,16H,2,8-9H2,1H3,(H,19,20)(H2,15,17,18,21). The smallest absolute Gasteiger partial charge is 0.325 e. The molecule has 4 N–H and O–H groups in total. The Hall–Kier alpha value is -2.41. The van der Waals surface area contributed by atoms with E-state index in [2.05, 4.69) is 16.0 Å². The Kier molecular flexibility index (Phi) is 6.90. The van der Waals surface area contributed by atoms with E-state index in [4.69, 9.17) is 5.11 Å². The number of carboxylic acids is 1. The molecule has 0 aliphatic rings. The molecule has 114 valence electrons. The summed E-state index contributed by atoms with van der Waals surface area (Å²) in [5.41, 5.74) is 0.535. The van der Waals surface area contributed by atoms with Gasteiger partial charge in [-0.2, -0.15) is 0 Å². The SMILES string of the molecule is CCCNC(=O)NC(=O)CNC(C(=O)O)c1ccccc1. The molecule has 7 nitrogen and oxygen atoms in total. The van der Waals surface area contributed by atoms with Crippen LogP contribution in [0.5, 0.6) is 0 Å². The molecular formula is C14H19N3O4. The minimum atomic E-state index is -1.09. The molecule has 1 atom stereocenters. The number of rotatable bonds is 7. The number of urea groups is 1. The van der Waals surface area contributed by atoms with Crippen molar-refractivity contribution in [3.05, 3.63) is 35.9 Å². The molecule has 1 aromatic carbocycles. The number of amides is 3. The van der Waals surface area contributed by atoms with E-state index >= 15 is 0 Å². The molecule has 3 amide bonds. The Morgan fingerprint density at radius 3 is 2.43 bits per heavy atom. The molecule has 0 radical (unpaired) electrons. The number of carbonyl (C=O) groups is 3. The summed E-state index contributed by atoms with van der Waals surface area (Å²) in [6.45, 7) is 2.08. The van der Waals surface area contributed by atoms with Crippen molar-refractivity contribution < 1.29 is 19.5 Å². The van der Waals surface area contributed by atoms with Crippen molar-refractivity contribution in [2.45, 2.75) is 19.4 Å². The summed E-state index contributed by atoms with van der Waals surface area (Å²) in [5, 5.41) is 16.4. The van der Waals surface area contributed by atoms with Crippen molar-refractivity contribution in [1.29, 1.82) is 0 Å². The summed E-state index contributed by atoms with van der Waals surface area (Å²) in [7, 11) is 0. The van der Waals surface area contributed by atoms with E-state index in [0.717, 1.165) is 6.42 Å². The quantitative estimate of drug-likeness (QED) is 0.590. The van der Waals surface area contributed by atoms with Crippen LogP contribution in [0, 0.1) is 0 Å². The van der Waals surface area contributed by atoms with Gasteiger partial charge in [-0.05, 0) is 12.0 Å². The summed E-state index contributed by atoms with van der Waals surface area (Å²) in [5.74, 6) is -1.68. The van der Waals surface area contributed by atoms with Crippen LogP contribution in [0.15, 0.2) is 30.3 Å². The highest BCUT2D eigenvalue weighted by Gasteiger charge is 2.20. The number of nitrogens with one attached hydrogen (secondary N) is 3. The summed E-state index contributed by atoms with van der Waals surface area (Å²) >= 11 is 0. The minimum Gasteiger partial charge on any atom is -0.480 e. The van der Waals surface area contributed by atoms with Crippen LogP contribution in [0.3, 0.4) is 0 Å². The number of imide groups is 1. The largest absolute Gasteiger partial charge is 0.480 e. The van der Waals surface area contributed by atoms with Gasteiger partial charge in [0, 0.05) is 6.54 Å². The predicted molar refractivity (Wildman–Crippen MR) is 76.7 cm³/mol. The monoisotopic (exact) mass is 293 g/mol. The van der Waals surface area contributed by atoms with Gasteiger partial charge in [-0.1, -0.05) is 37.3 Å². The van der Waals surface area contributed by atoms with Crippen molar-refractivity contribution in [3.8, 4) is 0 Å². The first kappa shape index (κ1) is 16.6. The summed E-state index contributed by atoms with van der Waals surface area (Å²) in [4.78, 5) is 34.0. The molecule has 0 heterocycles. The first-order valence-corrected chi connectivity index (χ1v) is 6.63. The lowest BCUT2D eigenvalue weighted by Gasteiger charge is -2.14. The van der Waals surface area contributed by atoms with Crippen molar-refractivity contribution in [2.24, 2.45) is 0 Å². The van der Waals surface area contributed by atoms with Crippen molar-refractivity contribution >= 4 is 17.9 Å². The van der Waals surface area contributed by atoms with E-state index in [1.807, 2.05) is 6.92 Å². The van der Waals surface area contributed by atoms with Crippen LogP contribution in [0.2, 0.25) is 0 Å². The zero-order valence-corrected chi connectivity index (χ0v) is 11.8. The predicted octanol–water partition coefficient (Wildman–Crippen LogP) is 0.638. The van der Waals surface area contributed by atoms with Gasteiger partial charge < -0.3 is 10.4 Å². The molecular weight excluding hydrogens is 274 g/mol. The average Bonchev–Trinajstić information content (AvgIpc) is 2.46. The number of benzene rings is 1. The Labute approximate surface area is 122 Å². The van der Waals surface area contributed by atoms with E-state index < -0.39 is 23.9 Å². The Morgan fingerprint density at radius 1 is 1.19 bits per heavy atom. The lowest BCUT2D eigenvalue weighted by atomic mass is 10.1. The van der Waals surface area contributed by atoms with Gasteiger partial charge in [0.2, 0.25) is 5.91 Å². The molecule has 0 saturated carbocycles. The average molecular weight is 293 g/mol. The van der Waals surface area contributed by atoms with E-state index in [-0.39, 0.29) is 6.54 Å². The number of hydrogen-bond acceptors (Lipinski definition) is 4. The molecule has 0 aliphatic heterocycles. The maximum atomic E-state index is 11.5. The van der Waals surface area contributed by atoms with Crippen LogP contribution in [0.1, 0.15) is 24.9 Å². The van der Waals surface area contributed by atoms with Crippen LogP contribution in [0.25, 0.3) is 0 Å². The number of hydrogen-bond donors (Lipinski definition) is 4. The van der Waals surface area contributed by atoms with Gasteiger partial charge in [-0.3, -0.25) is 20.2 Å².